The standard InChI is InChI=1S/C21H28N2O2/c1-2-3-4-5-9-16-22-21(24)17-23-18-12-14-20(15-13-18)25-19-10-7-6-8-11-19/h6-8,10-15,23H,2-5,9,16-17H2,1H3,(H,22,24). The predicted molar refractivity (Wildman–Crippen MR) is 103 cm³/mol. The molecule has 1 amide bonds. The van der Waals surface area contributed by atoms with E-state index in [4.69, 9.17) is 4.74 Å². The van der Waals surface area contributed by atoms with Gasteiger partial charge in [0, 0.05) is 12.2 Å². The number of hydrogen-bond acceptors (Lipinski definition) is 3. The zero-order valence-electron chi connectivity index (χ0n) is 15.0. The van der Waals surface area contributed by atoms with Crippen LogP contribution in [0, 0.1) is 0 Å². The van der Waals surface area contributed by atoms with E-state index in [9.17, 15) is 4.79 Å². The highest BCUT2D eigenvalue weighted by Crippen LogP contribution is 2.22. The fraction of sp³-hybridized carbons (Fsp3) is 0.381. The van der Waals surface area contributed by atoms with Crippen LogP contribution in [0.3, 0.4) is 0 Å². The Kier molecular flexibility index (Phi) is 8.39. The second-order valence-corrected chi connectivity index (χ2v) is 6.06. The minimum absolute atomic E-state index is 0.0279. The first-order valence-corrected chi connectivity index (χ1v) is 9.11. The highest BCUT2D eigenvalue weighted by atomic mass is 16.5. The molecule has 0 atom stereocenters. The molecule has 4 heteroatoms. The summed E-state index contributed by atoms with van der Waals surface area (Å²) in [5, 5.41) is 6.08. The molecule has 2 aromatic rings. The van der Waals surface area contributed by atoms with Crippen LogP contribution in [0.25, 0.3) is 0 Å². The molecule has 0 aliphatic carbocycles. The molecule has 0 unspecified atom stereocenters. The summed E-state index contributed by atoms with van der Waals surface area (Å²) in [6.07, 6.45) is 6.01. The molecular formula is C21H28N2O2. The first-order valence-electron chi connectivity index (χ1n) is 9.11. The van der Waals surface area contributed by atoms with Crippen molar-refractivity contribution >= 4 is 11.6 Å². The van der Waals surface area contributed by atoms with Crippen molar-refractivity contribution in [1.29, 1.82) is 0 Å². The lowest BCUT2D eigenvalue weighted by atomic mass is 10.1. The fourth-order valence-corrected chi connectivity index (χ4v) is 2.47. The summed E-state index contributed by atoms with van der Waals surface area (Å²) in [6, 6.07) is 17.3. The van der Waals surface area contributed by atoms with Crippen molar-refractivity contribution in [3.05, 3.63) is 54.6 Å². The highest BCUT2D eigenvalue weighted by molar-refractivity contribution is 5.80. The number of amides is 1. The summed E-state index contributed by atoms with van der Waals surface area (Å²) in [7, 11) is 0. The SMILES string of the molecule is CCCCCCCNC(=O)CNc1ccc(Oc2ccccc2)cc1. The number of carbonyl (C=O) groups is 1. The number of rotatable bonds is 11. The van der Waals surface area contributed by atoms with Crippen LogP contribution in [-0.4, -0.2) is 19.0 Å². The number of unbranched alkanes of at least 4 members (excludes halogenated alkanes) is 4. The molecule has 0 aromatic heterocycles. The maximum absolute atomic E-state index is 11.8. The summed E-state index contributed by atoms with van der Waals surface area (Å²) in [5.74, 6) is 1.61. The maximum atomic E-state index is 11.8. The van der Waals surface area contributed by atoms with Crippen molar-refractivity contribution in [2.24, 2.45) is 0 Å². The molecule has 2 N–H and O–H groups in total. The second kappa shape index (κ2) is 11.1. The van der Waals surface area contributed by atoms with Gasteiger partial charge >= 0.3 is 0 Å². The summed E-state index contributed by atoms with van der Waals surface area (Å²) in [4.78, 5) is 11.8. The van der Waals surface area contributed by atoms with Crippen LogP contribution < -0.4 is 15.4 Å². The molecule has 0 spiro atoms. The van der Waals surface area contributed by atoms with E-state index in [-0.39, 0.29) is 12.5 Å². The van der Waals surface area contributed by atoms with Gasteiger partial charge in [-0.15, -0.1) is 0 Å². The maximum Gasteiger partial charge on any atom is 0.239 e. The van der Waals surface area contributed by atoms with Crippen molar-refractivity contribution in [3.8, 4) is 11.5 Å². The molecule has 0 aliphatic rings. The smallest absolute Gasteiger partial charge is 0.239 e. The molecule has 0 saturated heterocycles. The summed E-state index contributed by atoms with van der Waals surface area (Å²) in [6.45, 7) is 3.25. The number of para-hydroxylation sites is 1. The van der Waals surface area contributed by atoms with E-state index in [0.29, 0.717) is 0 Å². The molecule has 2 aromatic carbocycles. The van der Waals surface area contributed by atoms with Gasteiger partial charge in [0.15, 0.2) is 0 Å². The normalized spacial score (nSPS) is 10.3. The van der Waals surface area contributed by atoms with E-state index in [0.717, 1.165) is 30.2 Å². The molecule has 0 fully saturated rings. The topological polar surface area (TPSA) is 50.4 Å². The minimum atomic E-state index is 0.0279. The van der Waals surface area contributed by atoms with Crippen LogP contribution in [0.15, 0.2) is 54.6 Å². The van der Waals surface area contributed by atoms with E-state index in [1.54, 1.807) is 0 Å². The number of hydrogen-bond donors (Lipinski definition) is 2. The Morgan fingerprint density at radius 1 is 0.880 bits per heavy atom. The number of benzene rings is 2. The van der Waals surface area contributed by atoms with Crippen LogP contribution in [0.2, 0.25) is 0 Å². The Bertz CT molecular complexity index is 612. The summed E-state index contributed by atoms with van der Waals surface area (Å²) in [5.41, 5.74) is 0.901. The van der Waals surface area contributed by atoms with Gasteiger partial charge in [-0.3, -0.25) is 4.79 Å². The van der Waals surface area contributed by atoms with Crippen molar-refractivity contribution < 1.29 is 9.53 Å². The lowest BCUT2D eigenvalue weighted by Gasteiger charge is -2.09. The molecule has 2 rings (SSSR count). The third kappa shape index (κ3) is 7.75. The van der Waals surface area contributed by atoms with Crippen molar-refractivity contribution in [1.82, 2.24) is 5.32 Å². The van der Waals surface area contributed by atoms with Gasteiger partial charge in [-0.25, -0.2) is 0 Å². The number of carbonyl (C=O) groups excluding carboxylic acids is 1. The zero-order valence-corrected chi connectivity index (χ0v) is 15.0. The van der Waals surface area contributed by atoms with Gasteiger partial charge in [0.1, 0.15) is 11.5 Å². The number of nitrogens with one attached hydrogen (secondary N) is 2. The quantitative estimate of drug-likeness (QED) is 0.567. The first-order chi connectivity index (χ1) is 12.3. The molecule has 134 valence electrons. The Balaban J connectivity index is 1.64. The zero-order chi connectivity index (χ0) is 17.7. The van der Waals surface area contributed by atoms with Crippen molar-refractivity contribution in [2.45, 2.75) is 39.0 Å². The Hall–Kier alpha value is -2.49. The van der Waals surface area contributed by atoms with Gasteiger partial charge in [0.25, 0.3) is 0 Å². The average Bonchev–Trinajstić information content (AvgIpc) is 2.65. The third-order valence-corrected chi connectivity index (χ3v) is 3.89. The van der Waals surface area contributed by atoms with E-state index in [2.05, 4.69) is 17.6 Å². The van der Waals surface area contributed by atoms with E-state index in [1.165, 1.54) is 25.7 Å². The average molecular weight is 340 g/mol. The van der Waals surface area contributed by atoms with Crippen LogP contribution in [-0.2, 0) is 4.79 Å². The monoisotopic (exact) mass is 340 g/mol. The van der Waals surface area contributed by atoms with Gasteiger partial charge in [-0.05, 0) is 42.8 Å². The predicted octanol–water partition coefficient (Wildman–Crippen LogP) is 4.98. The summed E-state index contributed by atoms with van der Waals surface area (Å²) >= 11 is 0. The second-order valence-electron chi connectivity index (χ2n) is 6.06. The third-order valence-electron chi connectivity index (χ3n) is 3.89. The Labute approximate surface area is 150 Å². The molecule has 0 heterocycles. The molecule has 25 heavy (non-hydrogen) atoms. The molecule has 0 radical (unpaired) electrons. The molecular weight excluding hydrogens is 312 g/mol. The highest BCUT2D eigenvalue weighted by Gasteiger charge is 2.01. The van der Waals surface area contributed by atoms with Crippen LogP contribution >= 0.6 is 0 Å². The fourth-order valence-electron chi connectivity index (χ4n) is 2.47. The van der Waals surface area contributed by atoms with Crippen molar-refractivity contribution in [2.75, 3.05) is 18.4 Å². The molecule has 0 saturated carbocycles. The largest absolute Gasteiger partial charge is 0.457 e. The van der Waals surface area contributed by atoms with Gasteiger partial charge in [-0.2, -0.15) is 0 Å². The van der Waals surface area contributed by atoms with Gasteiger partial charge in [0.05, 0.1) is 6.54 Å². The minimum Gasteiger partial charge on any atom is -0.457 e. The lowest BCUT2D eigenvalue weighted by molar-refractivity contribution is -0.119. The van der Waals surface area contributed by atoms with E-state index < -0.39 is 0 Å². The van der Waals surface area contributed by atoms with Gasteiger partial charge in [-0.1, -0.05) is 50.8 Å². The first kappa shape index (κ1) is 18.8. The lowest BCUT2D eigenvalue weighted by Crippen LogP contribution is -2.30. The van der Waals surface area contributed by atoms with Crippen molar-refractivity contribution in [3.63, 3.8) is 0 Å². The van der Waals surface area contributed by atoms with Crippen LogP contribution in [0.1, 0.15) is 39.0 Å². The molecule has 4 nitrogen and oxygen atoms in total. The Morgan fingerprint density at radius 3 is 2.28 bits per heavy atom. The van der Waals surface area contributed by atoms with Crippen LogP contribution in [0.5, 0.6) is 11.5 Å². The number of anilines is 1. The van der Waals surface area contributed by atoms with Crippen LogP contribution in [0.4, 0.5) is 5.69 Å². The van der Waals surface area contributed by atoms with Gasteiger partial charge in [0.2, 0.25) is 5.91 Å². The van der Waals surface area contributed by atoms with Gasteiger partial charge < -0.3 is 15.4 Å². The number of ether oxygens (including phenoxy) is 1. The van der Waals surface area contributed by atoms with E-state index in [1.807, 2.05) is 54.6 Å². The van der Waals surface area contributed by atoms with E-state index >= 15 is 0 Å². The summed E-state index contributed by atoms with van der Waals surface area (Å²) < 4.78 is 5.75. The molecule has 0 bridgehead atoms. The Morgan fingerprint density at radius 2 is 1.56 bits per heavy atom. The molecule has 0 aliphatic heterocycles.